The van der Waals surface area contributed by atoms with Gasteiger partial charge < -0.3 is 10.3 Å². The molecule has 1 aromatic carbocycles. The Kier molecular flexibility index (Phi) is 2.97. The Morgan fingerprint density at radius 1 is 1.38 bits per heavy atom. The van der Waals surface area contributed by atoms with Gasteiger partial charge in [0.1, 0.15) is 11.8 Å². The number of nitrogens with two attached hydrogens (primary N) is 1. The molecule has 4 heteroatoms. The number of anilines is 1. The molecular weight excluding hydrogens is 266 g/mol. The van der Waals surface area contributed by atoms with Gasteiger partial charge in [-0.1, -0.05) is 15.9 Å². The first-order valence-electron chi connectivity index (χ1n) is 4.79. The van der Waals surface area contributed by atoms with E-state index < -0.39 is 0 Å². The van der Waals surface area contributed by atoms with Gasteiger partial charge in [-0.15, -0.1) is 0 Å². The second-order valence-corrected chi connectivity index (χ2v) is 4.44. The van der Waals surface area contributed by atoms with Crippen molar-refractivity contribution in [1.82, 2.24) is 4.57 Å². The zero-order chi connectivity index (χ0) is 11.5. The number of aromatic nitrogens is 1. The zero-order valence-electron chi connectivity index (χ0n) is 8.52. The minimum atomic E-state index is 0.651. The molecule has 0 saturated heterocycles. The standard InChI is InChI=1S/C12H10BrN3/c13-10-4-9(5-11(15)6-10)8-16-3-1-2-12(16)7-14/h1-6H,8,15H2. The van der Waals surface area contributed by atoms with Crippen molar-refractivity contribution < 1.29 is 0 Å². The Bertz CT molecular complexity index is 531. The maximum atomic E-state index is 8.89. The van der Waals surface area contributed by atoms with Crippen LogP contribution >= 0.6 is 15.9 Å². The molecule has 80 valence electrons. The maximum Gasteiger partial charge on any atom is 0.120 e. The van der Waals surface area contributed by atoms with Crippen LogP contribution in [0.4, 0.5) is 5.69 Å². The summed E-state index contributed by atoms with van der Waals surface area (Å²) in [4.78, 5) is 0. The average Bonchev–Trinajstić information content (AvgIpc) is 2.63. The summed E-state index contributed by atoms with van der Waals surface area (Å²) in [7, 11) is 0. The molecule has 16 heavy (non-hydrogen) atoms. The molecule has 0 atom stereocenters. The molecule has 0 bridgehead atoms. The smallest absolute Gasteiger partial charge is 0.120 e. The second-order valence-electron chi connectivity index (χ2n) is 3.53. The number of nitrogen functional groups attached to an aromatic ring is 1. The second kappa shape index (κ2) is 4.42. The number of nitriles is 1. The van der Waals surface area contributed by atoms with Crippen molar-refractivity contribution in [2.75, 3.05) is 5.73 Å². The van der Waals surface area contributed by atoms with Crippen molar-refractivity contribution in [2.45, 2.75) is 6.54 Å². The van der Waals surface area contributed by atoms with Gasteiger partial charge in [0.15, 0.2) is 0 Å². The van der Waals surface area contributed by atoms with Crippen LogP contribution in [0.15, 0.2) is 41.0 Å². The van der Waals surface area contributed by atoms with E-state index in [1.54, 1.807) is 6.07 Å². The first kappa shape index (κ1) is 10.8. The number of hydrogen-bond donors (Lipinski definition) is 1. The van der Waals surface area contributed by atoms with Crippen LogP contribution < -0.4 is 5.73 Å². The van der Waals surface area contributed by atoms with Crippen molar-refractivity contribution >= 4 is 21.6 Å². The minimum absolute atomic E-state index is 0.651. The van der Waals surface area contributed by atoms with Gasteiger partial charge in [-0.05, 0) is 35.9 Å². The van der Waals surface area contributed by atoms with E-state index in [0.717, 1.165) is 15.7 Å². The lowest BCUT2D eigenvalue weighted by Crippen LogP contribution is -2.01. The topological polar surface area (TPSA) is 54.7 Å². The number of halogens is 1. The summed E-state index contributed by atoms with van der Waals surface area (Å²) in [5, 5.41) is 8.89. The summed E-state index contributed by atoms with van der Waals surface area (Å²) >= 11 is 3.40. The van der Waals surface area contributed by atoms with Gasteiger partial charge in [0.05, 0.1) is 0 Å². The van der Waals surface area contributed by atoms with E-state index in [-0.39, 0.29) is 0 Å². The van der Waals surface area contributed by atoms with Crippen molar-refractivity contribution in [2.24, 2.45) is 0 Å². The molecule has 0 radical (unpaired) electrons. The minimum Gasteiger partial charge on any atom is -0.399 e. The van der Waals surface area contributed by atoms with Crippen LogP contribution in [-0.2, 0) is 6.54 Å². The lowest BCUT2D eigenvalue weighted by atomic mass is 10.2. The maximum absolute atomic E-state index is 8.89. The SMILES string of the molecule is N#Cc1cccn1Cc1cc(N)cc(Br)c1. The molecule has 0 fully saturated rings. The van der Waals surface area contributed by atoms with Crippen LogP contribution in [0.25, 0.3) is 0 Å². The molecule has 0 aliphatic carbocycles. The summed E-state index contributed by atoms with van der Waals surface area (Å²) < 4.78 is 2.84. The Balaban J connectivity index is 2.31. The van der Waals surface area contributed by atoms with Gasteiger partial charge in [-0.2, -0.15) is 5.26 Å². The fraction of sp³-hybridized carbons (Fsp3) is 0.0833. The van der Waals surface area contributed by atoms with Gasteiger partial charge in [-0.3, -0.25) is 0 Å². The number of hydrogen-bond acceptors (Lipinski definition) is 2. The van der Waals surface area contributed by atoms with E-state index in [2.05, 4.69) is 22.0 Å². The highest BCUT2D eigenvalue weighted by Gasteiger charge is 2.02. The van der Waals surface area contributed by atoms with Gasteiger partial charge in [0.25, 0.3) is 0 Å². The fourth-order valence-electron chi connectivity index (χ4n) is 1.62. The van der Waals surface area contributed by atoms with Crippen molar-refractivity contribution in [3.8, 4) is 6.07 Å². The van der Waals surface area contributed by atoms with Gasteiger partial charge in [0.2, 0.25) is 0 Å². The molecule has 0 spiro atoms. The first-order valence-corrected chi connectivity index (χ1v) is 5.58. The quantitative estimate of drug-likeness (QED) is 0.857. The molecule has 0 aliphatic heterocycles. The highest BCUT2D eigenvalue weighted by atomic mass is 79.9. The van der Waals surface area contributed by atoms with E-state index in [4.69, 9.17) is 11.0 Å². The highest BCUT2D eigenvalue weighted by Crippen LogP contribution is 2.18. The van der Waals surface area contributed by atoms with Gasteiger partial charge in [0, 0.05) is 22.9 Å². The van der Waals surface area contributed by atoms with E-state index in [9.17, 15) is 0 Å². The zero-order valence-corrected chi connectivity index (χ0v) is 10.1. The molecule has 0 unspecified atom stereocenters. The van der Waals surface area contributed by atoms with Crippen LogP contribution in [0.2, 0.25) is 0 Å². The number of rotatable bonds is 2. The van der Waals surface area contributed by atoms with E-state index >= 15 is 0 Å². The van der Waals surface area contributed by atoms with Gasteiger partial charge >= 0.3 is 0 Å². The summed E-state index contributed by atoms with van der Waals surface area (Å²) in [5.41, 5.74) is 8.19. The molecule has 2 N–H and O–H groups in total. The molecule has 0 saturated carbocycles. The predicted molar refractivity (Wildman–Crippen MR) is 66.8 cm³/mol. The number of nitrogens with zero attached hydrogens (tertiary/aromatic N) is 2. The van der Waals surface area contributed by atoms with Crippen LogP contribution in [0, 0.1) is 11.3 Å². The lowest BCUT2D eigenvalue weighted by Gasteiger charge is -2.06. The molecule has 1 heterocycles. The van der Waals surface area contributed by atoms with E-state index in [1.165, 1.54) is 0 Å². The van der Waals surface area contributed by atoms with Crippen molar-refractivity contribution in [1.29, 1.82) is 5.26 Å². The Morgan fingerprint density at radius 2 is 2.19 bits per heavy atom. The summed E-state index contributed by atoms with van der Waals surface area (Å²) in [6.07, 6.45) is 1.88. The fourth-order valence-corrected chi connectivity index (χ4v) is 2.18. The van der Waals surface area contributed by atoms with Gasteiger partial charge in [-0.25, -0.2) is 0 Å². The molecule has 3 nitrogen and oxygen atoms in total. The summed E-state index contributed by atoms with van der Waals surface area (Å²) in [6, 6.07) is 11.6. The number of benzene rings is 1. The third kappa shape index (κ3) is 2.26. The van der Waals surface area contributed by atoms with Crippen LogP contribution in [-0.4, -0.2) is 4.57 Å². The van der Waals surface area contributed by atoms with E-state index in [1.807, 2.05) is 35.0 Å². The molecule has 0 aliphatic rings. The normalized spacial score (nSPS) is 10.0. The predicted octanol–water partition coefficient (Wildman–Crippen LogP) is 2.75. The molecule has 1 aromatic heterocycles. The van der Waals surface area contributed by atoms with Crippen molar-refractivity contribution in [3.05, 3.63) is 52.3 Å². The average molecular weight is 276 g/mol. The third-order valence-corrected chi connectivity index (χ3v) is 2.73. The van der Waals surface area contributed by atoms with Crippen molar-refractivity contribution in [3.63, 3.8) is 0 Å². The van der Waals surface area contributed by atoms with Crippen LogP contribution in [0.5, 0.6) is 0 Å². The highest BCUT2D eigenvalue weighted by molar-refractivity contribution is 9.10. The van der Waals surface area contributed by atoms with Crippen LogP contribution in [0.1, 0.15) is 11.3 Å². The molecule has 2 rings (SSSR count). The Labute approximate surface area is 102 Å². The summed E-state index contributed by atoms with van der Waals surface area (Å²) in [6.45, 7) is 0.652. The first-order chi connectivity index (χ1) is 7.69. The summed E-state index contributed by atoms with van der Waals surface area (Å²) in [5.74, 6) is 0. The Hall–Kier alpha value is -1.73. The third-order valence-electron chi connectivity index (χ3n) is 2.28. The Morgan fingerprint density at radius 3 is 2.88 bits per heavy atom. The lowest BCUT2D eigenvalue weighted by molar-refractivity contribution is 0.793. The monoisotopic (exact) mass is 275 g/mol. The molecular formula is C12H10BrN3. The largest absolute Gasteiger partial charge is 0.399 e. The molecule has 2 aromatic rings. The van der Waals surface area contributed by atoms with E-state index in [0.29, 0.717) is 12.2 Å². The molecule has 0 amide bonds. The van der Waals surface area contributed by atoms with Crippen LogP contribution in [0.3, 0.4) is 0 Å².